The van der Waals surface area contributed by atoms with Crippen molar-refractivity contribution in [1.29, 1.82) is 0 Å². The van der Waals surface area contributed by atoms with Crippen LogP contribution in [0.1, 0.15) is 29.8 Å². The van der Waals surface area contributed by atoms with Crippen LogP contribution in [0.15, 0.2) is 43.0 Å². The zero-order chi connectivity index (χ0) is 14.4. The highest BCUT2D eigenvalue weighted by Crippen LogP contribution is 2.11. The van der Waals surface area contributed by atoms with Gasteiger partial charge in [-0.05, 0) is 38.1 Å². The first-order valence-corrected chi connectivity index (χ1v) is 6.54. The average molecular weight is 270 g/mol. The van der Waals surface area contributed by atoms with Gasteiger partial charge in [-0.2, -0.15) is 0 Å². The maximum atomic E-state index is 11.8. The first-order chi connectivity index (χ1) is 9.65. The number of carbonyl (C=O) groups is 1. The van der Waals surface area contributed by atoms with Crippen LogP contribution in [0.4, 0.5) is 5.69 Å². The average Bonchev–Trinajstić information content (AvgIpc) is 2.46. The van der Waals surface area contributed by atoms with Crippen molar-refractivity contribution >= 4 is 11.6 Å². The molecule has 1 aromatic heterocycles. The SMILES string of the molecule is CC(C)NC(=O)c1ccc(NCc2cncnc2)cc1. The summed E-state index contributed by atoms with van der Waals surface area (Å²) >= 11 is 0. The summed E-state index contributed by atoms with van der Waals surface area (Å²) < 4.78 is 0. The van der Waals surface area contributed by atoms with E-state index in [-0.39, 0.29) is 11.9 Å². The Hall–Kier alpha value is -2.43. The zero-order valence-electron chi connectivity index (χ0n) is 11.6. The molecule has 20 heavy (non-hydrogen) atoms. The second kappa shape index (κ2) is 6.65. The van der Waals surface area contributed by atoms with Crippen molar-refractivity contribution in [3.05, 3.63) is 54.1 Å². The van der Waals surface area contributed by atoms with E-state index in [0.717, 1.165) is 11.3 Å². The van der Waals surface area contributed by atoms with Gasteiger partial charge >= 0.3 is 0 Å². The summed E-state index contributed by atoms with van der Waals surface area (Å²) in [6, 6.07) is 7.53. The number of nitrogens with one attached hydrogen (secondary N) is 2. The van der Waals surface area contributed by atoms with E-state index in [9.17, 15) is 4.79 Å². The molecule has 104 valence electrons. The van der Waals surface area contributed by atoms with E-state index in [0.29, 0.717) is 12.1 Å². The minimum atomic E-state index is -0.0528. The molecule has 0 aliphatic heterocycles. The van der Waals surface area contributed by atoms with E-state index in [1.165, 1.54) is 6.33 Å². The number of amides is 1. The number of rotatable bonds is 5. The van der Waals surface area contributed by atoms with Crippen molar-refractivity contribution in [3.8, 4) is 0 Å². The normalized spacial score (nSPS) is 10.3. The topological polar surface area (TPSA) is 66.9 Å². The Kier molecular flexibility index (Phi) is 4.65. The van der Waals surface area contributed by atoms with Crippen molar-refractivity contribution in [2.75, 3.05) is 5.32 Å². The molecule has 0 saturated heterocycles. The highest BCUT2D eigenvalue weighted by atomic mass is 16.1. The minimum Gasteiger partial charge on any atom is -0.381 e. The quantitative estimate of drug-likeness (QED) is 0.874. The van der Waals surface area contributed by atoms with E-state index in [4.69, 9.17) is 0 Å². The molecule has 0 aliphatic rings. The first-order valence-electron chi connectivity index (χ1n) is 6.54. The third kappa shape index (κ3) is 4.05. The predicted octanol–water partition coefficient (Wildman–Crippen LogP) is 2.23. The van der Waals surface area contributed by atoms with E-state index in [1.54, 1.807) is 12.4 Å². The van der Waals surface area contributed by atoms with Crippen molar-refractivity contribution in [2.24, 2.45) is 0 Å². The molecular weight excluding hydrogens is 252 g/mol. The largest absolute Gasteiger partial charge is 0.381 e. The number of hydrogen-bond acceptors (Lipinski definition) is 4. The van der Waals surface area contributed by atoms with Crippen LogP contribution in [0, 0.1) is 0 Å². The lowest BCUT2D eigenvalue weighted by Gasteiger charge is -2.09. The summed E-state index contributed by atoms with van der Waals surface area (Å²) in [7, 11) is 0. The maximum absolute atomic E-state index is 11.8. The van der Waals surface area contributed by atoms with Gasteiger partial charge in [-0.3, -0.25) is 4.79 Å². The summed E-state index contributed by atoms with van der Waals surface area (Å²) in [4.78, 5) is 19.7. The fourth-order valence-corrected chi connectivity index (χ4v) is 1.71. The smallest absolute Gasteiger partial charge is 0.251 e. The molecule has 2 N–H and O–H groups in total. The Balaban J connectivity index is 1.93. The summed E-state index contributed by atoms with van der Waals surface area (Å²) in [6.07, 6.45) is 5.04. The predicted molar refractivity (Wildman–Crippen MR) is 78.4 cm³/mol. The fourth-order valence-electron chi connectivity index (χ4n) is 1.71. The molecule has 0 atom stereocenters. The van der Waals surface area contributed by atoms with Crippen molar-refractivity contribution in [3.63, 3.8) is 0 Å². The van der Waals surface area contributed by atoms with Gasteiger partial charge in [0.1, 0.15) is 6.33 Å². The molecule has 5 nitrogen and oxygen atoms in total. The Labute approximate surface area is 118 Å². The van der Waals surface area contributed by atoms with Crippen molar-refractivity contribution in [1.82, 2.24) is 15.3 Å². The van der Waals surface area contributed by atoms with Crippen LogP contribution < -0.4 is 10.6 Å². The number of aromatic nitrogens is 2. The fraction of sp³-hybridized carbons (Fsp3) is 0.267. The second-order valence-corrected chi connectivity index (χ2v) is 4.81. The van der Waals surface area contributed by atoms with Gasteiger partial charge in [0.15, 0.2) is 0 Å². The molecule has 1 heterocycles. The number of hydrogen-bond donors (Lipinski definition) is 2. The van der Waals surface area contributed by atoms with Crippen LogP contribution in [0.5, 0.6) is 0 Å². The van der Waals surface area contributed by atoms with Gasteiger partial charge in [-0.15, -0.1) is 0 Å². The van der Waals surface area contributed by atoms with Crippen molar-refractivity contribution < 1.29 is 4.79 Å². The highest BCUT2D eigenvalue weighted by molar-refractivity contribution is 5.94. The summed E-state index contributed by atoms with van der Waals surface area (Å²) in [5, 5.41) is 6.12. The Morgan fingerprint density at radius 2 is 1.80 bits per heavy atom. The molecule has 1 aromatic carbocycles. The van der Waals surface area contributed by atoms with Crippen molar-refractivity contribution in [2.45, 2.75) is 26.4 Å². The Morgan fingerprint density at radius 1 is 1.15 bits per heavy atom. The third-order valence-corrected chi connectivity index (χ3v) is 2.68. The number of carbonyl (C=O) groups excluding carboxylic acids is 1. The van der Waals surface area contributed by atoms with Crippen LogP contribution in [0.3, 0.4) is 0 Å². The molecule has 0 fully saturated rings. The molecule has 2 aromatic rings. The molecule has 0 aliphatic carbocycles. The molecule has 0 unspecified atom stereocenters. The van der Waals surface area contributed by atoms with Crippen LogP contribution >= 0.6 is 0 Å². The first kappa shape index (κ1) is 14.0. The number of anilines is 1. The zero-order valence-corrected chi connectivity index (χ0v) is 11.6. The monoisotopic (exact) mass is 270 g/mol. The van der Waals surface area contributed by atoms with Gasteiger partial charge in [0.2, 0.25) is 0 Å². The minimum absolute atomic E-state index is 0.0528. The lowest BCUT2D eigenvalue weighted by atomic mass is 10.2. The van der Waals surface area contributed by atoms with Crippen LogP contribution in [0.2, 0.25) is 0 Å². The third-order valence-electron chi connectivity index (χ3n) is 2.68. The molecule has 0 saturated carbocycles. The molecule has 0 spiro atoms. The Bertz CT molecular complexity index is 552. The lowest BCUT2D eigenvalue weighted by Crippen LogP contribution is -2.29. The summed E-state index contributed by atoms with van der Waals surface area (Å²) in [5.41, 5.74) is 2.62. The van der Waals surface area contributed by atoms with Gasteiger partial charge in [0.05, 0.1) is 0 Å². The highest BCUT2D eigenvalue weighted by Gasteiger charge is 2.06. The summed E-state index contributed by atoms with van der Waals surface area (Å²) in [6.45, 7) is 4.53. The molecule has 0 bridgehead atoms. The lowest BCUT2D eigenvalue weighted by molar-refractivity contribution is 0.0943. The van der Waals surface area contributed by atoms with Gasteiger partial charge in [-0.25, -0.2) is 9.97 Å². The van der Waals surface area contributed by atoms with Gasteiger partial charge in [0.25, 0.3) is 5.91 Å². The maximum Gasteiger partial charge on any atom is 0.251 e. The summed E-state index contributed by atoms with van der Waals surface area (Å²) in [5.74, 6) is -0.0528. The van der Waals surface area contributed by atoms with Gasteiger partial charge in [0, 0.05) is 41.8 Å². The van der Waals surface area contributed by atoms with Crippen LogP contribution in [0.25, 0.3) is 0 Å². The van der Waals surface area contributed by atoms with E-state index in [2.05, 4.69) is 20.6 Å². The number of benzene rings is 1. The number of nitrogens with zero attached hydrogens (tertiary/aromatic N) is 2. The van der Waals surface area contributed by atoms with Crippen LogP contribution in [-0.4, -0.2) is 21.9 Å². The van der Waals surface area contributed by atoms with Gasteiger partial charge < -0.3 is 10.6 Å². The van der Waals surface area contributed by atoms with E-state index in [1.807, 2.05) is 38.1 Å². The standard InChI is InChI=1S/C15H18N4O/c1-11(2)19-15(20)13-3-5-14(6-4-13)18-9-12-7-16-10-17-8-12/h3-8,10-11,18H,9H2,1-2H3,(H,19,20). The molecule has 5 heteroatoms. The van der Waals surface area contributed by atoms with Gasteiger partial charge in [-0.1, -0.05) is 0 Å². The molecule has 1 amide bonds. The molecular formula is C15H18N4O. The second-order valence-electron chi connectivity index (χ2n) is 4.81. The van der Waals surface area contributed by atoms with Crippen LogP contribution in [-0.2, 0) is 6.54 Å². The molecule has 0 radical (unpaired) electrons. The molecule has 2 rings (SSSR count). The van der Waals surface area contributed by atoms with E-state index < -0.39 is 0 Å². The van der Waals surface area contributed by atoms with E-state index >= 15 is 0 Å². The Morgan fingerprint density at radius 3 is 2.40 bits per heavy atom.